The van der Waals surface area contributed by atoms with Crippen LogP contribution in [0, 0.1) is 17.0 Å². The van der Waals surface area contributed by atoms with Gasteiger partial charge in [-0.2, -0.15) is 15.3 Å². The molecule has 2 N–H and O–H groups in total. The minimum absolute atomic E-state index is 0.0128. The fourth-order valence-corrected chi connectivity index (χ4v) is 2.76. The zero-order valence-electron chi connectivity index (χ0n) is 16.7. The van der Waals surface area contributed by atoms with Gasteiger partial charge in [0.15, 0.2) is 0 Å². The predicted molar refractivity (Wildman–Crippen MR) is 106 cm³/mol. The number of carbonyl (C=O) groups excluding carboxylic acids is 2. The maximum atomic E-state index is 12.8. The Hall–Kier alpha value is -4.03. The molecule has 0 radical (unpaired) electrons. The van der Waals surface area contributed by atoms with E-state index in [-0.39, 0.29) is 35.9 Å². The number of aryl methyl sites for hydroxylation is 3. The third kappa shape index (κ3) is 4.34. The van der Waals surface area contributed by atoms with E-state index in [2.05, 4.69) is 25.9 Å². The molecule has 13 nitrogen and oxygen atoms in total. The average Bonchev–Trinajstić information content (AvgIpc) is 3.42. The molecule has 0 aliphatic carbocycles. The molecule has 0 saturated carbocycles. The molecular weight excluding hydrogens is 394 g/mol. The van der Waals surface area contributed by atoms with Crippen molar-refractivity contribution >= 4 is 28.9 Å². The second-order valence-corrected chi connectivity index (χ2v) is 6.46. The normalized spacial score (nSPS) is 10.8. The lowest BCUT2D eigenvalue weighted by molar-refractivity contribution is -0.385. The molecule has 13 heteroatoms. The van der Waals surface area contributed by atoms with E-state index in [1.54, 1.807) is 17.9 Å². The summed E-state index contributed by atoms with van der Waals surface area (Å²) in [6.07, 6.45) is 5.33. The number of hydrogen-bond donors (Lipinski definition) is 2. The second-order valence-electron chi connectivity index (χ2n) is 6.46. The van der Waals surface area contributed by atoms with Crippen molar-refractivity contribution in [2.24, 2.45) is 7.05 Å². The van der Waals surface area contributed by atoms with Crippen LogP contribution in [0.15, 0.2) is 24.8 Å². The molecule has 3 aromatic heterocycles. The molecule has 0 atom stereocenters. The molecule has 158 valence electrons. The van der Waals surface area contributed by atoms with Crippen LogP contribution in [0.1, 0.15) is 29.5 Å². The third-order valence-electron chi connectivity index (χ3n) is 4.51. The van der Waals surface area contributed by atoms with Gasteiger partial charge in [0, 0.05) is 26.6 Å². The first-order valence-corrected chi connectivity index (χ1v) is 9.12. The number of rotatable bonds is 8. The number of aromatic nitrogens is 6. The smallest absolute Gasteiger partial charge is 0.306 e. The highest BCUT2D eigenvalue weighted by Gasteiger charge is 2.21. The molecule has 3 aromatic rings. The van der Waals surface area contributed by atoms with Crippen molar-refractivity contribution in [2.45, 2.75) is 33.4 Å². The highest BCUT2D eigenvalue weighted by molar-refractivity contribution is 6.09. The summed E-state index contributed by atoms with van der Waals surface area (Å²) in [5.74, 6) is -0.807. The van der Waals surface area contributed by atoms with Crippen LogP contribution in [-0.4, -0.2) is 46.1 Å². The first-order chi connectivity index (χ1) is 14.3. The minimum Gasteiger partial charge on any atom is -0.323 e. The summed E-state index contributed by atoms with van der Waals surface area (Å²) in [6.45, 7) is 4.23. The van der Waals surface area contributed by atoms with Gasteiger partial charge in [-0.25, -0.2) is 0 Å². The van der Waals surface area contributed by atoms with Gasteiger partial charge < -0.3 is 10.6 Å². The Balaban J connectivity index is 1.69. The van der Waals surface area contributed by atoms with Gasteiger partial charge >= 0.3 is 5.69 Å². The Bertz CT molecular complexity index is 1090. The lowest BCUT2D eigenvalue weighted by Crippen LogP contribution is -2.21. The SMILES string of the molecule is CCn1ncc(NC(=O)CCn2cc([N+](=O)[O-])cn2)c1C(=O)Nc1cnn(C)c1C. The fourth-order valence-electron chi connectivity index (χ4n) is 2.76. The molecular formula is C17H21N9O4. The number of carbonyl (C=O) groups is 2. The lowest BCUT2D eigenvalue weighted by atomic mass is 10.3. The molecule has 3 rings (SSSR count). The van der Waals surface area contributed by atoms with Gasteiger partial charge in [-0.15, -0.1) is 0 Å². The van der Waals surface area contributed by atoms with Crippen LogP contribution in [0.25, 0.3) is 0 Å². The summed E-state index contributed by atoms with van der Waals surface area (Å²) in [7, 11) is 1.77. The van der Waals surface area contributed by atoms with Crippen molar-refractivity contribution in [1.29, 1.82) is 0 Å². The van der Waals surface area contributed by atoms with Crippen LogP contribution >= 0.6 is 0 Å². The minimum atomic E-state index is -0.558. The summed E-state index contributed by atoms with van der Waals surface area (Å²) in [6, 6.07) is 0. The molecule has 0 aromatic carbocycles. The fraction of sp³-hybridized carbons (Fsp3) is 0.353. The Kier molecular flexibility index (Phi) is 5.90. The first kappa shape index (κ1) is 20.7. The van der Waals surface area contributed by atoms with E-state index in [0.717, 1.165) is 11.9 Å². The summed E-state index contributed by atoms with van der Waals surface area (Å²) in [5, 5.41) is 28.2. The van der Waals surface area contributed by atoms with Crippen LogP contribution in [0.2, 0.25) is 0 Å². The van der Waals surface area contributed by atoms with E-state index in [1.165, 1.54) is 21.8 Å². The molecule has 0 saturated heterocycles. The lowest BCUT2D eigenvalue weighted by Gasteiger charge is -2.10. The molecule has 0 unspecified atom stereocenters. The topological polar surface area (TPSA) is 155 Å². The van der Waals surface area contributed by atoms with Gasteiger partial charge in [0.1, 0.15) is 18.1 Å². The molecule has 2 amide bonds. The summed E-state index contributed by atoms with van der Waals surface area (Å²) < 4.78 is 4.43. The van der Waals surface area contributed by atoms with E-state index >= 15 is 0 Å². The Labute approximate surface area is 170 Å². The molecule has 30 heavy (non-hydrogen) atoms. The Morgan fingerprint density at radius 3 is 2.47 bits per heavy atom. The second kappa shape index (κ2) is 8.55. The number of nitrogens with one attached hydrogen (secondary N) is 2. The number of amides is 2. The zero-order valence-corrected chi connectivity index (χ0v) is 16.7. The molecule has 0 fully saturated rings. The van der Waals surface area contributed by atoms with Crippen LogP contribution in [0.4, 0.5) is 17.1 Å². The number of nitrogens with zero attached hydrogens (tertiary/aromatic N) is 7. The van der Waals surface area contributed by atoms with Crippen molar-refractivity contribution in [3.05, 3.63) is 46.3 Å². The molecule has 0 aliphatic heterocycles. The van der Waals surface area contributed by atoms with Gasteiger partial charge in [0.2, 0.25) is 5.91 Å². The number of hydrogen-bond acceptors (Lipinski definition) is 7. The van der Waals surface area contributed by atoms with Gasteiger partial charge in [0.25, 0.3) is 5.91 Å². The molecule has 0 spiro atoms. The first-order valence-electron chi connectivity index (χ1n) is 9.12. The van der Waals surface area contributed by atoms with Crippen LogP contribution in [-0.2, 0) is 24.9 Å². The Morgan fingerprint density at radius 2 is 1.87 bits per heavy atom. The highest BCUT2D eigenvalue weighted by Crippen LogP contribution is 2.19. The Morgan fingerprint density at radius 1 is 1.13 bits per heavy atom. The standard InChI is InChI=1S/C17H21N9O4/c1-4-25-16(17(28)22-13-8-18-23(3)11(13)2)14(9-20-25)21-15(27)5-6-24-10-12(7-19-24)26(29)30/h7-10H,4-6H2,1-3H3,(H,21,27)(H,22,28). The quantitative estimate of drug-likeness (QED) is 0.415. The largest absolute Gasteiger partial charge is 0.323 e. The van der Waals surface area contributed by atoms with Crippen molar-refractivity contribution in [3.63, 3.8) is 0 Å². The van der Waals surface area contributed by atoms with E-state index in [9.17, 15) is 19.7 Å². The van der Waals surface area contributed by atoms with Crippen molar-refractivity contribution in [2.75, 3.05) is 10.6 Å². The van der Waals surface area contributed by atoms with Crippen LogP contribution in [0.5, 0.6) is 0 Å². The van der Waals surface area contributed by atoms with E-state index in [0.29, 0.717) is 12.2 Å². The van der Waals surface area contributed by atoms with Crippen LogP contribution in [0.3, 0.4) is 0 Å². The summed E-state index contributed by atoms with van der Waals surface area (Å²) >= 11 is 0. The van der Waals surface area contributed by atoms with Gasteiger partial charge in [-0.3, -0.25) is 33.7 Å². The molecule has 0 bridgehead atoms. The molecule has 0 aliphatic rings. The van der Waals surface area contributed by atoms with E-state index in [4.69, 9.17) is 0 Å². The zero-order chi connectivity index (χ0) is 21.8. The summed E-state index contributed by atoms with van der Waals surface area (Å²) in [4.78, 5) is 35.3. The highest BCUT2D eigenvalue weighted by atomic mass is 16.6. The van der Waals surface area contributed by atoms with Gasteiger partial charge in [-0.05, 0) is 13.8 Å². The average molecular weight is 415 g/mol. The van der Waals surface area contributed by atoms with Gasteiger partial charge in [0.05, 0.1) is 34.4 Å². The third-order valence-corrected chi connectivity index (χ3v) is 4.51. The van der Waals surface area contributed by atoms with Gasteiger partial charge in [-0.1, -0.05) is 0 Å². The van der Waals surface area contributed by atoms with Crippen molar-refractivity contribution in [3.8, 4) is 0 Å². The predicted octanol–water partition coefficient (Wildman–Crippen LogP) is 1.33. The monoisotopic (exact) mass is 415 g/mol. The number of anilines is 2. The molecule has 3 heterocycles. The maximum Gasteiger partial charge on any atom is 0.306 e. The van der Waals surface area contributed by atoms with Crippen molar-refractivity contribution in [1.82, 2.24) is 29.3 Å². The summed E-state index contributed by atoms with van der Waals surface area (Å²) in [5.41, 5.74) is 1.68. The van der Waals surface area contributed by atoms with E-state index in [1.807, 2.05) is 13.8 Å². The number of nitro groups is 1. The van der Waals surface area contributed by atoms with E-state index < -0.39 is 10.8 Å². The maximum absolute atomic E-state index is 12.8. The van der Waals surface area contributed by atoms with Crippen molar-refractivity contribution < 1.29 is 14.5 Å². The van der Waals surface area contributed by atoms with Crippen LogP contribution < -0.4 is 10.6 Å².